The quantitative estimate of drug-likeness (QED) is 0.707. The SMILES string of the molecule is COc1cc2ccc(=O)oc2c(O)c1OCC(O)C(C)(C)O. The van der Waals surface area contributed by atoms with Crippen LogP contribution in [0.5, 0.6) is 17.2 Å². The Morgan fingerprint density at radius 3 is 2.64 bits per heavy atom. The molecule has 7 heteroatoms. The van der Waals surface area contributed by atoms with E-state index < -0.39 is 23.1 Å². The molecule has 0 saturated carbocycles. The molecule has 2 aromatic rings. The second kappa shape index (κ2) is 5.86. The predicted octanol–water partition coefficient (Wildman–Crippen LogP) is 1.02. The first-order valence-electron chi connectivity index (χ1n) is 6.61. The molecule has 7 nitrogen and oxygen atoms in total. The molecule has 0 fully saturated rings. The molecule has 0 aliphatic carbocycles. The Balaban J connectivity index is 2.43. The van der Waals surface area contributed by atoms with Crippen LogP contribution in [0, 0.1) is 0 Å². The number of aliphatic hydroxyl groups is 2. The Hall–Kier alpha value is -2.25. The highest BCUT2D eigenvalue weighted by molar-refractivity contribution is 5.87. The van der Waals surface area contributed by atoms with E-state index in [1.54, 1.807) is 0 Å². The number of benzene rings is 1. The van der Waals surface area contributed by atoms with Gasteiger partial charge in [0.1, 0.15) is 12.7 Å². The summed E-state index contributed by atoms with van der Waals surface area (Å²) < 4.78 is 15.4. The van der Waals surface area contributed by atoms with Crippen LogP contribution in [0.25, 0.3) is 11.0 Å². The van der Waals surface area contributed by atoms with E-state index in [2.05, 4.69) is 0 Å². The molecule has 120 valence electrons. The average Bonchev–Trinajstić information content (AvgIpc) is 2.45. The first-order valence-corrected chi connectivity index (χ1v) is 6.61. The van der Waals surface area contributed by atoms with Gasteiger partial charge in [-0.2, -0.15) is 0 Å². The van der Waals surface area contributed by atoms with Gasteiger partial charge >= 0.3 is 5.63 Å². The zero-order valence-electron chi connectivity index (χ0n) is 12.5. The number of phenols is 1. The standard InChI is InChI=1S/C15H18O7/c1-15(2,19)10(16)7-21-14-9(20-3)6-8-4-5-11(17)22-13(8)12(14)18/h4-6,10,16,18-19H,7H2,1-3H3. The van der Waals surface area contributed by atoms with Crippen LogP contribution >= 0.6 is 0 Å². The van der Waals surface area contributed by atoms with Crippen LogP contribution in [-0.4, -0.2) is 40.7 Å². The maximum atomic E-state index is 11.3. The molecule has 2 rings (SSSR count). The smallest absolute Gasteiger partial charge is 0.336 e. The number of ether oxygens (including phenoxy) is 2. The van der Waals surface area contributed by atoms with Gasteiger partial charge in [0.2, 0.25) is 11.5 Å². The van der Waals surface area contributed by atoms with Crippen LogP contribution in [0.3, 0.4) is 0 Å². The van der Waals surface area contributed by atoms with Crippen molar-refractivity contribution >= 4 is 11.0 Å². The lowest BCUT2D eigenvalue weighted by molar-refractivity contribution is -0.0666. The van der Waals surface area contributed by atoms with Crippen LogP contribution in [0.4, 0.5) is 0 Å². The number of rotatable bonds is 5. The lowest BCUT2D eigenvalue weighted by Crippen LogP contribution is -2.40. The van der Waals surface area contributed by atoms with Gasteiger partial charge in [0.25, 0.3) is 0 Å². The van der Waals surface area contributed by atoms with Crippen molar-refractivity contribution in [2.24, 2.45) is 0 Å². The summed E-state index contributed by atoms with van der Waals surface area (Å²) in [5.41, 5.74) is -2.02. The van der Waals surface area contributed by atoms with E-state index in [1.165, 1.54) is 39.2 Å². The highest BCUT2D eigenvalue weighted by Gasteiger charge is 2.26. The maximum Gasteiger partial charge on any atom is 0.336 e. The monoisotopic (exact) mass is 310 g/mol. The molecular weight excluding hydrogens is 292 g/mol. The van der Waals surface area contributed by atoms with Gasteiger partial charge in [-0.1, -0.05) is 0 Å². The molecule has 0 bridgehead atoms. The topological polar surface area (TPSA) is 109 Å². The second-order valence-electron chi connectivity index (χ2n) is 5.41. The summed E-state index contributed by atoms with van der Waals surface area (Å²) in [7, 11) is 1.39. The first-order chi connectivity index (χ1) is 10.2. The summed E-state index contributed by atoms with van der Waals surface area (Å²) >= 11 is 0. The van der Waals surface area contributed by atoms with E-state index in [1.807, 2.05) is 0 Å². The second-order valence-corrected chi connectivity index (χ2v) is 5.41. The van der Waals surface area contributed by atoms with E-state index in [-0.39, 0.29) is 23.7 Å². The molecule has 1 heterocycles. The molecule has 0 saturated heterocycles. The van der Waals surface area contributed by atoms with Crippen molar-refractivity contribution in [3.05, 3.63) is 28.6 Å². The van der Waals surface area contributed by atoms with Crippen molar-refractivity contribution in [1.29, 1.82) is 0 Å². The fourth-order valence-corrected chi connectivity index (χ4v) is 1.81. The number of hydrogen-bond acceptors (Lipinski definition) is 7. The number of phenolic OH excluding ortho intramolecular Hbond substituents is 1. The highest BCUT2D eigenvalue weighted by atomic mass is 16.5. The minimum absolute atomic E-state index is 0.0407. The summed E-state index contributed by atoms with van der Waals surface area (Å²) in [5.74, 6) is -0.274. The molecule has 3 N–H and O–H groups in total. The Bertz CT molecular complexity index is 727. The van der Waals surface area contributed by atoms with Crippen molar-refractivity contribution < 1.29 is 29.2 Å². The highest BCUT2D eigenvalue weighted by Crippen LogP contribution is 2.42. The van der Waals surface area contributed by atoms with Crippen molar-refractivity contribution in [3.63, 3.8) is 0 Å². The van der Waals surface area contributed by atoms with Crippen LogP contribution in [-0.2, 0) is 0 Å². The molecule has 1 unspecified atom stereocenters. The third-order valence-electron chi connectivity index (χ3n) is 3.23. The Morgan fingerprint density at radius 1 is 1.36 bits per heavy atom. The van der Waals surface area contributed by atoms with E-state index >= 15 is 0 Å². The molecule has 22 heavy (non-hydrogen) atoms. The van der Waals surface area contributed by atoms with Crippen molar-refractivity contribution in [2.45, 2.75) is 25.6 Å². The Labute approximate surface area is 126 Å². The van der Waals surface area contributed by atoms with Crippen molar-refractivity contribution in [1.82, 2.24) is 0 Å². The minimum Gasteiger partial charge on any atom is -0.502 e. The molecule has 0 aliphatic rings. The molecule has 1 aromatic carbocycles. The molecule has 0 radical (unpaired) electrons. The predicted molar refractivity (Wildman–Crippen MR) is 78.5 cm³/mol. The van der Waals surface area contributed by atoms with Crippen LogP contribution < -0.4 is 15.1 Å². The molecule has 1 aromatic heterocycles. The van der Waals surface area contributed by atoms with E-state index in [9.17, 15) is 20.1 Å². The number of aromatic hydroxyl groups is 1. The summed E-state index contributed by atoms with van der Waals surface area (Å²) in [6.07, 6.45) is -1.19. The summed E-state index contributed by atoms with van der Waals surface area (Å²) in [4.78, 5) is 11.3. The van der Waals surface area contributed by atoms with Gasteiger partial charge < -0.3 is 29.2 Å². The van der Waals surface area contributed by atoms with Gasteiger partial charge in [0.05, 0.1) is 12.7 Å². The van der Waals surface area contributed by atoms with E-state index in [4.69, 9.17) is 13.9 Å². The lowest BCUT2D eigenvalue weighted by atomic mass is 10.0. The van der Waals surface area contributed by atoms with Crippen LogP contribution in [0.1, 0.15) is 13.8 Å². The van der Waals surface area contributed by atoms with Gasteiger partial charge in [-0.05, 0) is 26.0 Å². The Morgan fingerprint density at radius 2 is 2.05 bits per heavy atom. The summed E-state index contributed by atoms with van der Waals surface area (Å²) in [5, 5.41) is 30.2. The van der Waals surface area contributed by atoms with Gasteiger partial charge in [-0.25, -0.2) is 4.79 Å². The third-order valence-corrected chi connectivity index (χ3v) is 3.23. The van der Waals surface area contributed by atoms with Gasteiger partial charge in [0, 0.05) is 11.5 Å². The lowest BCUT2D eigenvalue weighted by Gasteiger charge is -2.25. The van der Waals surface area contributed by atoms with Gasteiger partial charge in [0.15, 0.2) is 11.3 Å². The average molecular weight is 310 g/mol. The van der Waals surface area contributed by atoms with Crippen molar-refractivity contribution in [3.8, 4) is 17.2 Å². The van der Waals surface area contributed by atoms with Crippen LogP contribution in [0.2, 0.25) is 0 Å². The molecular formula is C15H18O7. The van der Waals surface area contributed by atoms with Gasteiger partial charge in [-0.15, -0.1) is 0 Å². The van der Waals surface area contributed by atoms with E-state index in [0.29, 0.717) is 5.39 Å². The number of fused-ring (bicyclic) bond motifs is 1. The number of hydrogen-bond donors (Lipinski definition) is 3. The normalized spacial score (nSPS) is 13.1. The first kappa shape index (κ1) is 16.1. The third kappa shape index (κ3) is 3.15. The number of aliphatic hydroxyl groups excluding tert-OH is 1. The fourth-order valence-electron chi connectivity index (χ4n) is 1.81. The molecule has 0 amide bonds. The number of methoxy groups -OCH3 is 1. The molecule has 0 aliphatic heterocycles. The molecule has 0 spiro atoms. The zero-order chi connectivity index (χ0) is 16.5. The fraction of sp³-hybridized carbons (Fsp3) is 0.400. The summed E-state index contributed by atoms with van der Waals surface area (Å²) in [6.45, 7) is 2.57. The summed E-state index contributed by atoms with van der Waals surface area (Å²) in [6, 6.07) is 4.24. The molecule has 1 atom stereocenters. The maximum absolute atomic E-state index is 11.3. The Kier molecular flexibility index (Phi) is 4.30. The van der Waals surface area contributed by atoms with Crippen LogP contribution in [0.15, 0.2) is 27.4 Å². The largest absolute Gasteiger partial charge is 0.502 e. The van der Waals surface area contributed by atoms with E-state index in [0.717, 1.165) is 0 Å². The van der Waals surface area contributed by atoms with Gasteiger partial charge in [-0.3, -0.25) is 0 Å². The van der Waals surface area contributed by atoms with Crippen molar-refractivity contribution in [2.75, 3.05) is 13.7 Å². The minimum atomic E-state index is -1.37. The zero-order valence-corrected chi connectivity index (χ0v) is 12.5.